The normalized spacial score (nSPS) is 10.6. The summed E-state index contributed by atoms with van der Waals surface area (Å²) in [5.74, 6) is 0.957. The summed E-state index contributed by atoms with van der Waals surface area (Å²) in [4.78, 5) is 21.8. The van der Waals surface area contributed by atoms with Crippen molar-refractivity contribution in [3.63, 3.8) is 0 Å². The Kier molecular flexibility index (Phi) is 6.56. The molecule has 0 radical (unpaired) electrons. The van der Waals surface area contributed by atoms with E-state index in [1.165, 1.54) is 5.56 Å². The molecule has 0 saturated heterocycles. The summed E-state index contributed by atoms with van der Waals surface area (Å²) < 4.78 is 5.26. The van der Waals surface area contributed by atoms with E-state index < -0.39 is 0 Å². The molecule has 1 aromatic heterocycles. The van der Waals surface area contributed by atoms with Gasteiger partial charge in [0.2, 0.25) is 11.9 Å². The number of aromatic nitrogens is 2. The number of anilines is 1. The number of amides is 1. The second-order valence-corrected chi connectivity index (χ2v) is 7.59. The van der Waals surface area contributed by atoms with Gasteiger partial charge in [0, 0.05) is 17.5 Å². The van der Waals surface area contributed by atoms with Crippen LogP contribution in [0.3, 0.4) is 0 Å². The minimum atomic E-state index is -0.115. The van der Waals surface area contributed by atoms with Crippen LogP contribution in [0.5, 0.6) is 5.75 Å². The minimum Gasteiger partial charge on any atom is -0.497 e. The number of carbonyl (C=O) groups is 1. The molecule has 0 spiro atoms. The first-order valence-corrected chi connectivity index (χ1v) is 10.5. The zero-order valence-corrected chi connectivity index (χ0v) is 18.2. The second-order valence-electron chi connectivity index (χ2n) is 7.59. The average Bonchev–Trinajstić information content (AvgIpc) is 2.84. The third-order valence-corrected chi connectivity index (χ3v) is 5.19. The molecule has 1 heterocycles. The quantitative estimate of drug-likeness (QED) is 0.414. The van der Waals surface area contributed by atoms with Crippen LogP contribution in [-0.4, -0.2) is 23.0 Å². The number of hydrogen-bond donors (Lipinski definition) is 1. The molecule has 4 rings (SSSR count). The number of ether oxygens (including phenoxy) is 1. The number of carbonyl (C=O) groups excluding carboxylic acids is 1. The molecule has 0 aliphatic rings. The van der Waals surface area contributed by atoms with E-state index in [1.54, 1.807) is 7.11 Å². The fourth-order valence-corrected chi connectivity index (χ4v) is 3.37. The van der Waals surface area contributed by atoms with Gasteiger partial charge in [-0.1, -0.05) is 60.2 Å². The molecule has 160 valence electrons. The topological polar surface area (TPSA) is 64.1 Å². The fraction of sp³-hybridized carbons (Fsp3) is 0.148. The molecule has 1 amide bonds. The maximum Gasteiger partial charge on any atom is 0.230 e. The SMILES string of the molecule is COc1ccc(-c2cc(-c3ccc(C)cc3)nc(NC(=O)CCc3ccccc3)n2)cc1. The van der Waals surface area contributed by atoms with E-state index in [1.807, 2.05) is 91.9 Å². The van der Waals surface area contributed by atoms with Crippen LogP contribution >= 0.6 is 0 Å². The van der Waals surface area contributed by atoms with Gasteiger partial charge in [-0.05, 0) is 49.2 Å². The maximum absolute atomic E-state index is 12.6. The standard InChI is InChI=1S/C27H25N3O2/c1-19-8-11-21(12-9-19)24-18-25(22-13-15-23(32-2)16-14-22)29-27(28-24)30-26(31)17-10-20-6-4-3-5-7-20/h3-9,11-16,18H,10,17H2,1-2H3,(H,28,29,30,31). The summed E-state index contributed by atoms with van der Waals surface area (Å²) in [7, 11) is 1.64. The van der Waals surface area contributed by atoms with Crippen LogP contribution in [-0.2, 0) is 11.2 Å². The Morgan fingerprint density at radius 1 is 0.844 bits per heavy atom. The van der Waals surface area contributed by atoms with Gasteiger partial charge in [0.25, 0.3) is 0 Å². The molecule has 0 saturated carbocycles. The highest BCUT2D eigenvalue weighted by atomic mass is 16.5. The van der Waals surface area contributed by atoms with Crippen molar-refractivity contribution in [3.05, 3.63) is 96.1 Å². The minimum absolute atomic E-state index is 0.115. The summed E-state index contributed by atoms with van der Waals surface area (Å²) in [6, 6.07) is 27.7. The summed E-state index contributed by atoms with van der Waals surface area (Å²) in [6.07, 6.45) is 1.02. The van der Waals surface area contributed by atoms with Gasteiger partial charge in [-0.3, -0.25) is 10.1 Å². The summed E-state index contributed by atoms with van der Waals surface area (Å²) in [5.41, 5.74) is 5.66. The van der Waals surface area contributed by atoms with E-state index >= 15 is 0 Å². The highest BCUT2D eigenvalue weighted by molar-refractivity contribution is 5.89. The van der Waals surface area contributed by atoms with E-state index in [9.17, 15) is 4.79 Å². The van der Waals surface area contributed by atoms with Crippen LogP contribution in [0.1, 0.15) is 17.5 Å². The van der Waals surface area contributed by atoms with Gasteiger partial charge >= 0.3 is 0 Å². The second kappa shape index (κ2) is 9.88. The van der Waals surface area contributed by atoms with E-state index in [2.05, 4.69) is 15.3 Å². The molecule has 5 heteroatoms. The van der Waals surface area contributed by atoms with Crippen molar-refractivity contribution in [1.29, 1.82) is 0 Å². The summed E-state index contributed by atoms with van der Waals surface area (Å²) in [5, 5.41) is 2.88. The first-order chi connectivity index (χ1) is 15.6. The van der Waals surface area contributed by atoms with Crippen molar-refractivity contribution in [2.75, 3.05) is 12.4 Å². The van der Waals surface area contributed by atoms with Gasteiger partial charge in [0.15, 0.2) is 0 Å². The molecule has 32 heavy (non-hydrogen) atoms. The summed E-state index contributed by atoms with van der Waals surface area (Å²) in [6.45, 7) is 2.05. The number of aryl methyl sites for hydroxylation is 2. The Hall–Kier alpha value is -3.99. The number of nitrogens with one attached hydrogen (secondary N) is 1. The molecule has 0 aliphatic carbocycles. The number of hydrogen-bond acceptors (Lipinski definition) is 4. The maximum atomic E-state index is 12.6. The molecule has 4 aromatic rings. The third kappa shape index (κ3) is 5.38. The van der Waals surface area contributed by atoms with Crippen LogP contribution in [0.15, 0.2) is 84.9 Å². The largest absolute Gasteiger partial charge is 0.497 e. The monoisotopic (exact) mass is 423 g/mol. The fourth-order valence-electron chi connectivity index (χ4n) is 3.37. The van der Waals surface area contributed by atoms with E-state index in [0.717, 1.165) is 33.8 Å². The molecule has 5 nitrogen and oxygen atoms in total. The van der Waals surface area contributed by atoms with E-state index in [0.29, 0.717) is 18.8 Å². The molecule has 3 aromatic carbocycles. The zero-order valence-electron chi connectivity index (χ0n) is 18.2. The lowest BCUT2D eigenvalue weighted by atomic mass is 10.1. The molecule has 0 atom stereocenters. The third-order valence-electron chi connectivity index (χ3n) is 5.19. The van der Waals surface area contributed by atoms with Gasteiger partial charge in [-0.15, -0.1) is 0 Å². The number of nitrogens with zero attached hydrogens (tertiary/aromatic N) is 2. The van der Waals surface area contributed by atoms with Gasteiger partial charge < -0.3 is 4.74 Å². The van der Waals surface area contributed by atoms with E-state index in [-0.39, 0.29) is 5.91 Å². The first-order valence-electron chi connectivity index (χ1n) is 10.5. The Balaban J connectivity index is 1.61. The lowest BCUT2D eigenvalue weighted by Gasteiger charge is -2.10. The Morgan fingerprint density at radius 3 is 2.03 bits per heavy atom. The molecule has 0 aliphatic heterocycles. The van der Waals surface area contributed by atoms with Gasteiger partial charge in [0.1, 0.15) is 5.75 Å². The van der Waals surface area contributed by atoms with Crippen LogP contribution in [0.2, 0.25) is 0 Å². The Morgan fingerprint density at radius 2 is 1.44 bits per heavy atom. The molecule has 0 bridgehead atoms. The lowest BCUT2D eigenvalue weighted by Crippen LogP contribution is -2.15. The zero-order chi connectivity index (χ0) is 22.3. The number of rotatable bonds is 7. The Bertz CT molecular complexity index is 1190. The van der Waals surface area contributed by atoms with Gasteiger partial charge in [-0.25, -0.2) is 9.97 Å². The average molecular weight is 424 g/mol. The smallest absolute Gasteiger partial charge is 0.230 e. The molecule has 0 fully saturated rings. The van der Waals surface area contributed by atoms with E-state index in [4.69, 9.17) is 4.74 Å². The molecule has 0 unspecified atom stereocenters. The van der Waals surface area contributed by atoms with Crippen molar-refractivity contribution in [3.8, 4) is 28.3 Å². The van der Waals surface area contributed by atoms with Crippen LogP contribution in [0.4, 0.5) is 5.95 Å². The Labute approximate surface area is 188 Å². The first kappa shape index (κ1) is 21.2. The van der Waals surface area contributed by atoms with Gasteiger partial charge in [-0.2, -0.15) is 0 Å². The van der Waals surface area contributed by atoms with Crippen molar-refractivity contribution < 1.29 is 9.53 Å². The van der Waals surface area contributed by atoms with Crippen LogP contribution in [0, 0.1) is 6.92 Å². The lowest BCUT2D eigenvalue weighted by molar-refractivity contribution is -0.116. The molecular formula is C27H25N3O2. The molecular weight excluding hydrogens is 398 g/mol. The predicted octanol–water partition coefficient (Wildman–Crippen LogP) is 5.70. The van der Waals surface area contributed by atoms with Crippen molar-refractivity contribution in [2.24, 2.45) is 0 Å². The van der Waals surface area contributed by atoms with Crippen molar-refractivity contribution >= 4 is 11.9 Å². The number of benzene rings is 3. The van der Waals surface area contributed by atoms with Crippen molar-refractivity contribution in [2.45, 2.75) is 19.8 Å². The van der Waals surface area contributed by atoms with Crippen LogP contribution in [0.25, 0.3) is 22.5 Å². The molecule has 1 N–H and O–H groups in total. The number of methoxy groups -OCH3 is 1. The predicted molar refractivity (Wildman–Crippen MR) is 128 cm³/mol. The highest BCUT2D eigenvalue weighted by Crippen LogP contribution is 2.27. The van der Waals surface area contributed by atoms with Gasteiger partial charge in [0.05, 0.1) is 18.5 Å². The van der Waals surface area contributed by atoms with Crippen molar-refractivity contribution in [1.82, 2.24) is 9.97 Å². The van der Waals surface area contributed by atoms with Crippen LogP contribution < -0.4 is 10.1 Å². The highest BCUT2D eigenvalue weighted by Gasteiger charge is 2.12. The summed E-state index contributed by atoms with van der Waals surface area (Å²) >= 11 is 0.